The zero-order valence-corrected chi connectivity index (χ0v) is 11.9. The van der Waals surface area contributed by atoms with Gasteiger partial charge >= 0.3 is 35.5 Å². The van der Waals surface area contributed by atoms with Crippen molar-refractivity contribution in [3.8, 4) is 0 Å². The minimum Gasteiger partial charge on any atom is -0.423 e. The minimum atomic E-state index is -3.55. The molecule has 0 aromatic rings. The number of hydrogen-bond acceptors (Lipinski definition) is 11. The molecule has 1 aliphatic heterocycles. The lowest BCUT2D eigenvalue weighted by Crippen LogP contribution is -2.68. The fourth-order valence-corrected chi connectivity index (χ4v) is 1.95. The third kappa shape index (κ3) is 2.76. The monoisotopic (exact) mass is 324 g/mol. The highest BCUT2D eigenvalue weighted by atomic mass is 16.9. The van der Waals surface area contributed by atoms with Gasteiger partial charge in [-0.3, -0.25) is 19.1 Å². The Hall–Kier alpha value is -1.79. The average Bonchev–Trinajstić information content (AvgIpc) is 2.45. The Morgan fingerprint density at radius 1 is 0.955 bits per heavy atom. The van der Waals surface area contributed by atoms with Crippen molar-refractivity contribution in [3.05, 3.63) is 0 Å². The largest absolute Gasteiger partial charge is 0.423 e. The number of rotatable bonds is 4. The van der Waals surface area contributed by atoms with Crippen LogP contribution < -0.4 is 0 Å². The molecule has 1 fully saturated rings. The van der Waals surface area contributed by atoms with E-state index in [4.69, 9.17) is 5.11 Å². The van der Waals surface area contributed by atoms with E-state index in [9.17, 15) is 29.7 Å². The van der Waals surface area contributed by atoms with Crippen molar-refractivity contribution < 1.29 is 53.8 Å². The Bertz CT molecular complexity index is 490. The van der Waals surface area contributed by atoms with Crippen LogP contribution in [0.2, 0.25) is 0 Å². The zero-order valence-electron chi connectivity index (χ0n) is 11.9. The van der Waals surface area contributed by atoms with E-state index in [-0.39, 0.29) is 0 Å². The molecule has 1 unspecified atom stereocenters. The highest BCUT2D eigenvalue weighted by Gasteiger charge is 2.82. The molecule has 1 saturated heterocycles. The summed E-state index contributed by atoms with van der Waals surface area (Å²) < 4.78 is 17.8. The molecule has 0 amide bonds. The number of hydrogen-bond donors (Lipinski definition) is 4. The van der Waals surface area contributed by atoms with E-state index in [2.05, 4.69) is 18.9 Å². The number of aliphatic hydroxyl groups excluding tert-OH is 1. The predicted octanol–water partition coefficient (Wildman–Crippen LogP) is -2.91. The van der Waals surface area contributed by atoms with E-state index in [1.165, 1.54) is 0 Å². The number of ether oxygens (including phenoxy) is 4. The van der Waals surface area contributed by atoms with Gasteiger partial charge in [-0.2, -0.15) is 0 Å². The topological polar surface area (TPSA) is 169 Å². The van der Waals surface area contributed by atoms with Crippen LogP contribution >= 0.6 is 0 Å². The van der Waals surface area contributed by atoms with Crippen LogP contribution in [-0.4, -0.2) is 68.6 Å². The van der Waals surface area contributed by atoms with E-state index < -0.39 is 48.2 Å². The Kier molecular flexibility index (Phi) is 4.79. The lowest BCUT2D eigenvalue weighted by molar-refractivity contribution is -0.455. The molecular weight excluding hydrogens is 308 g/mol. The summed E-state index contributed by atoms with van der Waals surface area (Å²) in [7, 11) is 0. The van der Waals surface area contributed by atoms with Gasteiger partial charge in [-0.15, -0.1) is 0 Å². The van der Waals surface area contributed by atoms with Crippen molar-refractivity contribution in [2.75, 3.05) is 6.61 Å². The number of esters is 3. The van der Waals surface area contributed by atoms with Crippen LogP contribution in [0.15, 0.2) is 0 Å². The van der Waals surface area contributed by atoms with E-state index >= 15 is 0 Å². The maximum Gasteiger partial charge on any atom is 0.404 e. The molecule has 0 aliphatic carbocycles. The number of carbonyl (C=O) groups excluding carboxylic acids is 3. The minimum absolute atomic E-state index is 0.784. The lowest BCUT2D eigenvalue weighted by Gasteiger charge is -2.38. The van der Waals surface area contributed by atoms with Gasteiger partial charge in [0.25, 0.3) is 0 Å². The van der Waals surface area contributed by atoms with Crippen LogP contribution in [0, 0.1) is 0 Å². The normalized spacial score (nSPS) is 37.5. The summed E-state index contributed by atoms with van der Waals surface area (Å²) in [4.78, 5) is 33.3. The van der Waals surface area contributed by atoms with E-state index in [0.29, 0.717) is 0 Å². The second-order valence-electron chi connectivity index (χ2n) is 4.49. The summed E-state index contributed by atoms with van der Waals surface area (Å²) in [5.74, 6) is -13.8. The molecule has 11 nitrogen and oxygen atoms in total. The molecule has 0 aromatic heterocycles. The summed E-state index contributed by atoms with van der Waals surface area (Å²) in [6, 6.07) is 0. The molecule has 1 heterocycles. The standard InChI is InChI=1S/C11H16O11/c1-5(13)19-9(16)8(4-12)22-11(18,21-7(3)15)10(9,17)20-6(2)14/h8,12,16-18H,4H2,1-3H3/t8-,9+,10+,11?/m1/s1. The molecule has 0 radical (unpaired) electrons. The highest BCUT2D eigenvalue weighted by molar-refractivity contribution is 5.69. The third-order valence-electron chi connectivity index (χ3n) is 2.69. The smallest absolute Gasteiger partial charge is 0.404 e. The van der Waals surface area contributed by atoms with Crippen molar-refractivity contribution >= 4 is 17.9 Å². The van der Waals surface area contributed by atoms with Crippen LogP contribution in [-0.2, 0) is 33.3 Å². The fraction of sp³-hybridized carbons (Fsp3) is 0.727. The molecule has 0 spiro atoms. The van der Waals surface area contributed by atoms with E-state index in [1.807, 2.05) is 0 Å². The van der Waals surface area contributed by atoms with Crippen molar-refractivity contribution in [1.82, 2.24) is 0 Å². The van der Waals surface area contributed by atoms with Crippen molar-refractivity contribution in [3.63, 3.8) is 0 Å². The van der Waals surface area contributed by atoms with Gasteiger partial charge in [0.2, 0.25) is 0 Å². The second kappa shape index (κ2) is 5.78. The first kappa shape index (κ1) is 18.3. The van der Waals surface area contributed by atoms with Gasteiger partial charge in [-0.1, -0.05) is 0 Å². The highest BCUT2D eigenvalue weighted by Crippen LogP contribution is 2.48. The van der Waals surface area contributed by atoms with E-state index in [0.717, 1.165) is 20.8 Å². The van der Waals surface area contributed by atoms with Crippen LogP contribution in [0.1, 0.15) is 20.8 Å². The fourth-order valence-electron chi connectivity index (χ4n) is 1.95. The molecule has 126 valence electrons. The Balaban J connectivity index is 3.46. The first-order valence-corrected chi connectivity index (χ1v) is 5.96. The maximum atomic E-state index is 11.1. The van der Waals surface area contributed by atoms with Crippen LogP contribution in [0.4, 0.5) is 0 Å². The number of aliphatic hydroxyl groups is 4. The molecule has 1 aliphatic rings. The van der Waals surface area contributed by atoms with Crippen LogP contribution in [0.25, 0.3) is 0 Å². The Morgan fingerprint density at radius 3 is 1.77 bits per heavy atom. The summed E-state index contributed by atoms with van der Waals surface area (Å²) in [5, 5.41) is 40.0. The van der Waals surface area contributed by atoms with Crippen LogP contribution in [0.3, 0.4) is 0 Å². The SMILES string of the molecule is CC(=O)OC1(O)O[C@H](CO)[C@](O)(OC(C)=O)[C@]1(O)OC(C)=O. The Morgan fingerprint density at radius 2 is 1.41 bits per heavy atom. The molecular formula is C11H16O11. The first-order chi connectivity index (χ1) is 9.92. The third-order valence-corrected chi connectivity index (χ3v) is 2.69. The van der Waals surface area contributed by atoms with Crippen molar-refractivity contribution in [1.29, 1.82) is 0 Å². The van der Waals surface area contributed by atoms with Gasteiger partial charge < -0.3 is 34.6 Å². The molecule has 22 heavy (non-hydrogen) atoms. The van der Waals surface area contributed by atoms with Crippen molar-refractivity contribution in [2.45, 2.75) is 44.4 Å². The summed E-state index contributed by atoms with van der Waals surface area (Å²) in [6.45, 7) is 1.32. The first-order valence-electron chi connectivity index (χ1n) is 5.96. The summed E-state index contributed by atoms with van der Waals surface area (Å²) >= 11 is 0. The maximum absolute atomic E-state index is 11.1. The molecule has 11 heteroatoms. The predicted molar refractivity (Wildman–Crippen MR) is 62.1 cm³/mol. The van der Waals surface area contributed by atoms with Gasteiger partial charge in [-0.05, 0) is 0 Å². The second-order valence-corrected chi connectivity index (χ2v) is 4.49. The molecule has 0 saturated carbocycles. The zero-order chi connectivity index (χ0) is 17.3. The van der Waals surface area contributed by atoms with Gasteiger partial charge in [0.15, 0.2) is 6.10 Å². The average molecular weight is 324 g/mol. The molecule has 4 atom stereocenters. The van der Waals surface area contributed by atoms with Crippen LogP contribution in [0.5, 0.6) is 0 Å². The number of carbonyl (C=O) groups is 3. The van der Waals surface area contributed by atoms with Crippen molar-refractivity contribution in [2.24, 2.45) is 0 Å². The molecule has 0 aromatic carbocycles. The summed E-state index contributed by atoms with van der Waals surface area (Å²) in [6.07, 6.45) is -2.00. The van der Waals surface area contributed by atoms with Gasteiger partial charge in [0, 0.05) is 20.8 Å². The quantitative estimate of drug-likeness (QED) is 0.237. The molecule has 1 rings (SSSR count). The van der Waals surface area contributed by atoms with Gasteiger partial charge in [0.1, 0.15) is 0 Å². The van der Waals surface area contributed by atoms with Gasteiger partial charge in [0.05, 0.1) is 6.61 Å². The lowest BCUT2D eigenvalue weighted by atomic mass is 10.0. The molecule has 0 bridgehead atoms. The summed E-state index contributed by atoms with van der Waals surface area (Å²) in [5.41, 5.74) is 0. The van der Waals surface area contributed by atoms with E-state index in [1.54, 1.807) is 0 Å². The Labute approximate surface area is 123 Å². The van der Waals surface area contributed by atoms with Gasteiger partial charge in [-0.25, -0.2) is 0 Å². The molecule has 4 N–H and O–H groups in total.